The Hall–Kier alpha value is -3.68. The van der Waals surface area contributed by atoms with Crippen LogP contribution < -0.4 is 14.8 Å². The topological polar surface area (TPSA) is 84.9 Å². The first-order chi connectivity index (χ1) is 16.5. The van der Waals surface area contributed by atoms with E-state index >= 15 is 0 Å². The fourth-order valence-corrected chi connectivity index (χ4v) is 4.30. The molecule has 1 saturated heterocycles. The predicted octanol–water partition coefficient (Wildman–Crippen LogP) is 4.60. The van der Waals surface area contributed by atoms with E-state index in [2.05, 4.69) is 5.32 Å². The maximum atomic E-state index is 13.4. The molecule has 1 aliphatic carbocycles. The number of imide groups is 2. The van der Waals surface area contributed by atoms with Crippen molar-refractivity contribution in [1.82, 2.24) is 10.2 Å². The first-order valence-corrected chi connectivity index (χ1v) is 11.5. The lowest BCUT2D eigenvalue weighted by molar-refractivity contribution is -0.132. The van der Waals surface area contributed by atoms with Crippen LogP contribution in [0.15, 0.2) is 48.0 Å². The number of carbonyl (C=O) groups is 3. The molecular formula is C26H27FN2O5. The number of hydrogen-bond acceptors (Lipinski definition) is 5. The molecule has 0 spiro atoms. The van der Waals surface area contributed by atoms with Gasteiger partial charge in [-0.25, -0.2) is 9.18 Å². The monoisotopic (exact) mass is 466 g/mol. The molecule has 2 aromatic carbocycles. The van der Waals surface area contributed by atoms with Crippen LogP contribution in [0, 0.1) is 5.82 Å². The largest absolute Gasteiger partial charge is 0.490 e. The molecular weight excluding hydrogens is 439 g/mol. The SMILES string of the molecule is CCOc1cc(C=C2C(=O)NC(=O)N(C3CCCCC3)C2=O)ccc1OCc1cccc(F)c1. The van der Waals surface area contributed by atoms with Gasteiger partial charge < -0.3 is 9.47 Å². The van der Waals surface area contributed by atoms with E-state index in [0.29, 0.717) is 29.2 Å². The summed E-state index contributed by atoms with van der Waals surface area (Å²) in [6, 6.07) is 10.3. The molecule has 1 heterocycles. The highest BCUT2D eigenvalue weighted by atomic mass is 19.1. The van der Waals surface area contributed by atoms with E-state index in [4.69, 9.17) is 9.47 Å². The van der Waals surface area contributed by atoms with Crippen LogP contribution in [0.1, 0.15) is 50.2 Å². The number of ether oxygens (including phenoxy) is 2. The molecule has 2 fully saturated rings. The number of carbonyl (C=O) groups excluding carboxylic acids is 3. The number of benzene rings is 2. The molecule has 0 bridgehead atoms. The third-order valence-electron chi connectivity index (χ3n) is 5.93. The second-order valence-corrected chi connectivity index (χ2v) is 8.34. The average molecular weight is 467 g/mol. The number of nitrogens with zero attached hydrogens (tertiary/aromatic N) is 1. The molecule has 34 heavy (non-hydrogen) atoms. The summed E-state index contributed by atoms with van der Waals surface area (Å²) < 4.78 is 24.9. The smallest absolute Gasteiger partial charge is 0.331 e. The first-order valence-electron chi connectivity index (χ1n) is 11.5. The molecule has 0 radical (unpaired) electrons. The van der Waals surface area contributed by atoms with Crippen molar-refractivity contribution in [3.8, 4) is 11.5 Å². The van der Waals surface area contributed by atoms with Crippen molar-refractivity contribution in [2.75, 3.05) is 6.61 Å². The van der Waals surface area contributed by atoms with E-state index in [1.165, 1.54) is 23.1 Å². The number of rotatable bonds is 7. The number of barbiturate groups is 1. The normalized spacial score (nSPS) is 18.2. The maximum absolute atomic E-state index is 13.4. The van der Waals surface area contributed by atoms with E-state index in [1.54, 1.807) is 30.3 Å². The summed E-state index contributed by atoms with van der Waals surface area (Å²) in [6.45, 7) is 2.35. The number of urea groups is 1. The van der Waals surface area contributed by atoms with Crippen molar-refractivity contribution in [1.29, 1.82) is 0 Å². The highest BCUT2D eigenvalue weighted by molar-refractivity contribution is 6.31. The highest BCUT2D eigenvalue weighted by Crippen LogP contribution is 2.31. The van der Waals surface area contributed by atoms with Gasteiger partial charge in [0.05, 0.1) is 6.61 Å². The van der Waals surface area contributed by atoms with Crippen molar-refractivity contribution in [3.63, 3.8) is 0 Å². The lowest BCUT2D eigenvalue weighted by Gasteiger charge is -2.35. The van der Waals surface area contributed by atoms with Gasteiger partial charge in [0.25, 0.3) is 11.8 Å². The third-order valence-corrected chi connectivity index (χ3v) is 5.93. The summed E-state index contributed by atoms with van der Waals surface area (Å²) in [5.74, 6) is -0.760. The Labute approximate surface area is 197 Å². The third kappa shape index (κ3) is 5.27. The molecule has 0 aromatic heterocycles. The Morgan fingerprint density at radius 3 is 2.56 bits per heavy atom. The van der Waals surface area contributed by atoms with E-state index < -0.39 is 17.8 Å². The molecule has 8 heteroatoms. The molecule has 1 aliphatic heterocycles. The van der Waals surface area contributed by atoms with E-state index in [0.717, 1.165) is 32.1 Å². The molecule has 4 rings (SSSR count). The molecule has 178 valence electrons. The second kappa shape index (κ2) is 10.5. The summed E-state index contributed by atoms with van der Waals surface area (Å²) in [4.78, 5) is 39.2. The zero-order valence-electron chi connectivity index (χ0n) is 19.0. The predicted molar refractivity (Wildman–Crippen MR) is 124 cm³/mol. The van der Waals surface area contributed by atoms with Gasteiger partial charge in [-0.3, -0.25) is 19.8 Å². The van der Waals surface area contributed by atoms with Crippen LogP contribution in [-0.2, 0) is 16.2 Å². The Morgan fingerprint density at radius 1 is 1.03 bits per heavy atom. The summed E-state index contributed by atoms with van der Waals surface area (Å²) in [5.41, 5.74) is 1.13. The van der Waals surface area contributed by atoms with E-state index in [-0.39, 0.29) is 24.0 Å². The average Bonchev–Trinajstić information content (AvgIpc) is 2.82. The van der Waals surface area contributed by atoms with Crippen molar-refractivity contribution >= 4 is 23.9 Å². The lowest BCUT2D eigenvalue weighted by atomic mass is 9.93. The molecule has 2 aliphatic rings. The molecule has 7 nitrogen and oxygen atoms in total. The van der Waals surface area contributed by atoms with Crippen molar-refractivity contribution in [2.45, 2.75) is 51.7 Å². The fraction of sp³-hybridized carbons (Fsp3) is 0.346. The summed E-state index contributed by atoms with van der Waals surface area (Å²) in [6.07, 6.45) is 5.92. The minimum Gasteiger partial charge on any atom is -0.490 e. The van der Waals surface area contributed by atoms with Crippen molar-refractivity contribution in [3.05, 3.63) is 65.0 Å². The van der Waals surface area contributed by atoms with Gasteiger partial charge in [-0.15, -0.1) is 0 Å². The second-order valence-electron chi connectivity index (χ2n) is 8.34. The fourth-order valence-electron chi connectivity index (χ4n) is 4.30. The Bertz CT molecular complexity index is 1120. The summed E-state index contributed by atoms with van der Waals surface area (Å²) in [5, 5.41) is 2.29. The van der Waals surface area contributed by atoms with Crippen LogP contribution >= 0.6 is 0 Å². The lowest BCUT2D eigenvalue weighted by Crippen LogP contribution is -2.58. The molecule has 1 saturated carbocycles. The first kappa shape index (κ1) is 23.5. The minimum absolute atomic E-state index is 0.0962. The number of halogens is 1. The number of hydrogen-bond donors (Lipinski definition) is 1. The highest BCUT2D eigenvalue weighted by Gasteiger charge is 2.40. The molecule has 2 aromatic rings. The summed E-state index contributed by atoms with van der Waals surface area (Å²) in [7, 11) is 0. The number of amides is 4. The van der Waals surface area contributed by atoms with Crippen LogP contribution in [0.5, 0.6) is 11.5 Å². The van der Waals surface area contributed by atoms with Crippen LogP contribution in [0.3, 0.4) is 0 Å². The van der Waals surface area contributed by atoms with Gasteiger partial charge in [0.15, 0.2) is 11.5 Å². The van der Waals surface area contributed by atoms with Gasteiger partial charge in [-0.2, -0.15) is 0 Å². The van der Waals surface area contributed by atoms with Gasteiger partial charge in [0.2, 0.25) is 0 Å². The van der Waals surface area contributed by atoms with Crippen molar-refractivity contribution in [2.24, 2.45) is 0 Å². The quantitative estimate of drug-likeness (QED) is 0.476. The van der Waals surface area contributed by atoms with Crippen molar-refractivity contribution < 1.29 is 28.2 Å². The van der Waals surface area contributed by atoms with E-state index in [9.17, 15) is 18.8 Å². The molecule has 0 unspecified atom stereocenters. The zero-order chi connectivity index (χ0) is 24.1. The van der Waals surface area contributed by atoms with Crippen LogP contribution in [0.2, 0.25) is 0 Å². The minimum atomic E-state index is -0.716. The van der Waals surface area contributed by atoms with Gasteiger partial charge >= 0.3 is 6.03 Å². The van der Waals surface area contributed by atoms with Gasteiger partial charge in [-0.05, 0) is 61.2 Å². The van der Waals surface area contributed by atoms with E-state index in [1.807, 2.05) is 6.92 Å². The molecule has 4 amide bonds. The van der Waals surface area contributed by atoms with Gasteiger partial charge in [0.1, 0.15) is 18.0 Å². The Kier molecular flexibility index (Phi) is 7.25. The Balaban J connectivity index is 1.56. The molecule has 0 atom stereocenters. The zero-order valence-corrected chi connectivity index (χ0v) is 19.0. The molecule has 1 N–H and O–H groups in total. The van der Waals surface area contributed by atoms with Crippen LogP contribution in [0.25, 0.3) is 6.08 Å². The number of nitrogens with one attached hydrogen (secondary N) is 1. The van der Waals surface area contributed by atoms with Gasteiger partial charge in [-0.1, -0.05) is 37.5 Å². The maximum Gasteiger partial charge on any atom is 0.331 e. The van der Waals surface area contributed by atoms with Crippen LogP contribution in [0.4, 0.5) is 9.18 Å². The summed E-state index contributed by atoms with van der Waals surface area (Å²) >= 11 is 0. The van der Waals surface area contributed by atoms with Gasteiger partial charge in [0, 0.05) is 6.04 Å². The Morgan fingerprint density at radius 2 is 1.82 bits per heavy atom. The van der Waals surface area contributed by atoms with Crippen LogP contribution in [-0.4, -0.2) is 35.4 Å². The standard InChI is InChI=1S/C26H27FN2O5/c1-2-33-23-15-17(11-12-22(23)34-16-18-7-6-8-19(27)13-18)14-21-24(30)28-26(32)29(25(21)31)20-9-4-3-5-10-20/h6-8,11-15,20H,2-5,9-10,16H2,1H3,(H,28,30,32).